The Kier molecular flexibility index (Phi) is 3.98. The Balaban J connectivity index is 3.04. The number of primary amides is 1. The van der Waals surface area contributed by atoms with Gasteiger partial charge >= 0.3 is 5.97 Å². The van der Waals surface area contributed by atoms with Crippen molar-refractivity contribution in [2.75, 3.05) is 5.32 Å². The second kappa shape index (κ2) is 5.26. The molecule has 0 spiro atoms. The standard InChI is InChI=1S/C11H11FN2O4/c1-5-7(12)2-6(11(13)18)3-8(5)14-9(15)4-10(16)17/h2-3H,4H2,1H3,(H2,13,18)(H,14,15)(H,16,17). The SMILES string of the molecule is Cc1c(F)cc(C(N)=O)cc1NC(=O)CC(=O)O. The fourth-order valence-electron chi connectivity index (χ4n) is 1.28. The maximum Gasteiger partial charge on any atom is 0.312 e. The first-order valence-electron chi connectivity index (χ1n) is 4.93. The third kappa shape index (κ3) is 3.27. The van der Waals surface area contributed by atoms with Crippen LogP contribution in [0, 0.1) is 12.7 Å². The Bertz CT molecular complexity index is 528. The van der Waals surface area contributed by atoms with E-state index in [1.165, 1.54) is 13.0 Å². The van der Waals surface area contributed by atoms with E-state index >= 15 is 0 Å². The maximum atomic E-state index is 13.4. The molecule has 0 heterocycles. The van der Waals surface area contributed by atoms with Crippen molar-refractivity contribution in [2.24, 2.45) is 5.73 Å². The van der Waals surface area contributed by atoms with E-state index in [9.17, 15) is 18.8 Å². The van der Waals surface area contributed by atoms with E-state index in [1.807, 2.05) is 0 Å². The van der Waals surface area contributed by atoms with Crippen molar-refractivity contribution in [1.82, 2.24) is 0 Å². The van der Waals surface area contributed by atoms with Gasteiger partial charge in [0.15, 0.2) is 0 Å². The van der Waals surface area contributed by atoms with Gasteiger partial charge in [-0.15, -0.1) is 0 Å². The van der Waals surface area contributed by atoms with Crippen molar-refractivity contribution in [3.63, 3.8) is 0 Å². The molecule has 7 heteroatoms. The van der Waals surface area contributed by atoms with Gasteiger partial charge in [0.05, 0.1) is 0 Å². The first-order chi connectivity index (χ1) is 8.31. The molecule has 1 rings (SSSR count). The smallest absolute Gasteiger partial charge is 0.312 e. The number of benzene rings is 1. The molecule has 4 N–H and O–H groups in total. The van der Waals surface area contributed by atoms with Gasteiger partial charge in [-0.05, 0) is 19.1 Å². The van der Waals surface area contributed by atoms with Gasteiger partial charge in [0, 0.05) is 16.8 Å². The summed E-state index contributed by atoms with van der Waals surface area (Å²) in [6, 6.07) is 2.14. The summed E-state index contributed by atoms with van der Waals surface area (Å²) in [4.78, 5) is 32.5. The second-order valence-electron chi connectivity index (χ2n) is 3.61. The van der Waals surface area contributed by atoms with E-state index in [1.54, 1.807) is 0 Å². The molecule has 0 unspecified atom stereocenters. The van der Waals surface area contributed by atoms with Gasteiger partial charge in [-0.25, -0.2) is 4.39 Å². The molecular formula is C11H11FN2O4. The van der Waals surface area contributed by atoms with Crippen molar-refractivity contribution in [3.8, 4) is 0 Å². The third-order valence-corrected chi connectivity index (χ3v) is 2.21. The molecule has 96 valence electrons. The number of carboxylic acids is 1. The summed E-state index contributed by atoms with van der Waals surface area (Å²) in [6.07, 6.45) is -0.748. The number of carbonyl (C=O) groups is 3. The van der Waals surface area contributed by atoms with Gasteiger partial charge in [0.1, 0.15) is 12.2 Å². The van der Waals surface area contributed by atoms with Crippen molar-refractivity contribution in [2.45, 2.75) is 13.3 Å². The number of nitrogens with two attached hydrogens (primary N) is 1. The lowest BCUT2D eigenvalue weighted by molar-refractivity contribution is -0.139. The topological polar surface area (TPSA) is 109 Å². The number of aliphatic carboxylic acids is 1. The summed E-state index contributed by atoms with van der Waals surface area (Å²) >= 11 is 0. The molecule has 0 saturated heterocycles. The van der Waals surface area contributed by atoms with Crippen LogP contribution in [0.2, 0.25) is 0 Å². The molecule has 0 aliphatic heterocycles. The van der Waals surface area contributed by atoms with Gasteiger partial charge in [0.2, 0.25) is 11.8 Å². The van der Waals surface area contributed by atoms with Crippen LogP contribution in [-0.4, -0.2) is 22.9 Å². The highest BCUT2D eigenvalue weighted by Crippen LogP contribution is 2.20. The third-order valence-electron chi connectivity index (χ3n) is 2.21. The van der Waals surface area contributed by atoms with Crippen molar-refractivity contribution >= 4 is 23.5 Å². The highest BCUT2D eigenvalue weighted by molar-refractivity contribution is 6.02. The van der Waals surface area contributed by atoms with Gasteiger partial charge in [-0.3, -0.25) is 14.4 Å². The second-order valence-corrected chi connectivity index (χ2v) is 3.61. The van der Waals surface area contributed by atoms with Crippen LogP contribution in [0.1, 0.15) is 22.3 Å². The monoisotopic (exact) mass is 254 g/mol. The molecule has 0 atom stereocenters. The van der Waals surface area contributed by atoms with Gasteiger partial charge in [-0.1, -0.05) is 0 Å². The first kappa shape index (κ1) is 13.6. The molecule has 0 fully saturated rings. The molecule has 0 aliphatic carbocycles. The summed E-state index contributed by atoms with van der Waals surface area (Å²) < 4.78 is 13.4. The number of nitrogens with one attached hydrogen (secondary N) is 1. The molecule has 0 radical (unpaired) electrons. The molecule has 0 aliphatic rings. The van der Waals surface area contributed by atoms with E-state index in [0.717, 1.165) is 6.07 Å². The van der Waals surface area contributed by atoms with Crippen LogP contribution in [0.25, 0.3) is 0 Å². The van der Waals surface area contributed by atoms with Gasteiger partial charge in [0.25, 0.3) is 0 Å². The minimum atomic E-state index is -1.31. The van der Waals surface area contributed by atoms with E-state index < -0.39 is 30.0 Å². The maximum absolute atomic E-state index is 13.4. The Hall–Kier alpha value is -2.44. The average Bonchev–Trinajstić information content (AvgIpc) is 2.22. The van der Waals surface area contributed by atoms with Gasteiger partial charge < -0.3 is 16.2 Å². The zero-order chi connectivity index (χ0) is 13.9. The predicted octanol–water partition coefficient (Wildman–Crippen LogP) is 0.646. The molecule has 1 aromatic rings. The number of hydrogen-bond donors (Lipinski definition) is 3. The fraction of sp³-hybridized carbons (Fsp3) is 0.182. The number of halogens is 1. The molecule has 2 amide bonds. The summed E-state index contributed by atoms with van der Waals surface area (Å²) in [6.45, 7) is 1.39. The quantitative estimate of drug-likeness (QED) is 0.685. The van der Waals surface area contributed by atoms with Gasteiger partial charge in [-0.2, -0.15) is 0 Å². The van der Waals surface area contributed by atoms with Crippen molar-refractivity contribution in [1.29, 1.82) is 0 Å². The Labute approximate surface area is 102 Å². The molecule has 0 aromatic heterocycles. The zero-order valence-electron chi connectivity index (χ0n) is 9.49. The van der Waals surface area contributed by atoms with Crippen LogP contribution < -0.4 is 11.1 Å². The van der Waals surface area contributed by atoms with Crippen LogP contribution in [0.3, 0.4) is 0 Å². The lowest BCUT2D eigenvalue weighted by Gasteiger charge is -2.09. The summed E-state index contributed by atoms with van der Waals surface area (Å²) in [5.74, 6) is -3.68. The Morgan fingerprint density at radius 2 is 2.00 bits per heavy atom. The first-order valence-corrected chi connectivity index (χ1v) is 4.93. The van der Waals surface area contributed by atoms with Crippen LogP contribution in [0.5, 0.6) is 0 Å². The van der Waals surface area contributed by atoms with Crippen LogP contribution >= 0.6 is 0 Å². The summed E-state index contributed by atoms with van der Waals surface area (Å²) in [7, 11) is 0. The van der Waals surface area contributed by atoms with E-state index in [0.29, 0.717) is 0 Å². The zero-order valence-corrected chi connectivity index (χ0v) is 9.49. The number of anilines is 1. The number of amides is 2. The van der Waals surface area contributed by atoms with Crippen LogP contribution in [0.15, 0.2) is 12.1 Å². The Morgan fingerprint density at radius 1 is 1.39 bits per heavy atom. The lowest BCUT2D eigenvalue weighted by Crippen LogP contribution is -2.18. The van der Waals surface area contributed by atoms with E-state index in [-0.39, 0.29) is 16.8 Å². The Morgan fingerprint density at radius 3 is 2.50 bits per heavy atom. The van der Waals surface area contributed by atoms with E-state index in [2.05, 4.69) is 5.32 Å². The normalized spacial score (nSPS) is 9.89. The largest absolute Gasteiger partial charge is 0.481 e. The number of carbonyl (C=O) groups excluding carboxylic acids is 2. The predicted molar refractivity (Wildman–Crippen MR) is 60.5 cm³/mol. The molecule has 18 heavy (non-hydrogen) atoms. The fourth-order valence-corrected chi connectivity index (χ4v) is 1.28. The molecule has 0 saturated carbocycles. The molecule has 0 bridgehead atoms. The lowest BCUT2D eigenvalue weighted by atomic mass is 10.1. The van der Waals surface area contributed by atoms with Crippen molar-refractivity contribution < 1.29 is 23.9 Å². The summed E-state index contributed by atoms with van der Waals surface area (Å²) in [5.41, 5.74) is 5.01. The summed E-state index contributed by atoms with van der Waals surface area (Å²) in [5, 5.41) is 10.6. The molecule has 6 nitrogen and oxygen atoms in total. The highest BCUT2D eigenvalue weighted by Gasteiger charge is 2.14. The number of hydrogen-bond acceptors (Lipinski definition) is 3. The van der Waals surface area contributed by atoms with E-state index in [4.69, 9.17) is 10.8 Å². The molecular weight excluding hydrogens is 243 g/mol. The van der Waals surface area contributed by atoms with Crippen molar-refractivity contribution in [3.05, 3.63) is 29.1 Å². The minimum Gasteiger partial charge on any atom is -0.481 e. The van der Waals surface area contributed by atoms with Crippen LogP contribution in [0.4, 0.5) is 10.1 Å². The highest BCUT2D eigenvalue weighted by atomic mass is 19.1. The minimum absolute atomic E-state index is 0.0232. The van der Waals surface area contributed by atoms with Crippen LogP contribution in [-0.2, 0) is 9.59 Å². The molecule has 1 aromatic carbocycles. The number of rotatable bonds is 4. The number of carboxylic acid groups (broad SMARTS) is 1. The average molecular weight is 254 g/mol.